The molecular formula is C21H25NO5S. The molecule has 0 aliphatic heterocycles. The smallest absolute Gasteiger partial charge is 0.307 e. The lowest BCUT2D eigenvalue weighted by Gasteiger charge is -2.18. The molecule has 0 fully saturated rings. The minimum Gasteiger partial charge on any atom is -0.453 e. The average Bonchev–Trinajstić information content (AvgIpc) is 2.67. The Balaban J connectivity index is 1.84. The molecule has 0 aliphatic carbocycles. The number of aryl methyl sites for hydroxylation is 1. The van der Waals surface area contributed by atoms with Crippen LogP contribution in [0.3, 0.4) is 0 Å². The van der Waals surface area contributed by atoms with Crippen molar-refractivity contribution in [3.63, 3.8) is 0 Å². The first kappa shape index (κ1) is 21.6. The number of benzene rings is 2. The molecule has 0 saturated carbocycles. The van der Waals surface area contributed by atoms with Crippen LogP contribution in [0.5, 0.6) is 0 Å². The lowest BCUT2D eigenvalue weighted by molar-refractivity contribution is -0.154. The molecule has 150 valence electrons. The van der Waals surface area contributed by atoms with Crippen molar-refractivity contribution in [3.8, 4) is 0 Å². The molecule has 1 N–H and O–H groups in total. The molecule has 7 heteroatoms. The molecule has 2 unspecified atom stereocenters. The molecule has 0 radical (unpaired) electrons. The van der Waals surface area contributed by atoms with Gasteiger partial charge in [-0.05, 0) is 38.5 Å². The van der Waals surface area contributed by atoms with Crippen molar-refractivity contribution in [1.82, 2.24) is 5.32 Å². The molecule has 2 aromatic rings. The summed E-state index contributed by atoms with van der Waals surface area (Å²) < 4.78 is 29.6. The second-order valence-corrected chi connectivity index (χ2v) is 8.76. The Labute approximate surface area is 165 Å². The van der Waals surface area contributed by atoms with Crippen LogP contribution in [0.25, 0.3) is 0 Å². The van der Waals surface area contributed by atoms with Crippen molar-refractivity contribution >= 4 is 21.7 Å². The van der Waals surface area contributed by atoms with Gasteiger partial charge in [-0.15, -0.1) is 0 Å². The SMILES string of the molecule is Cc1ccc(S(=O)(=O)CCC(=O)OC(C)C(=O)NC(C)c2ccccc2)cc1. The van der Waals surface area contributed by atoms with E-state index < -0.39 is 27.8 Å². The molecular weight excluding hydrogens is 378 g/mol. The molecule has 1 amide bonds. The van der Waals surface area contributed by atoms with E-state index >= 15 is 0 Å². The molecule has 2 rings (SSSR count). The zero-order valence-corrected chi connectivity index (χ0v) is 17.0. The van der Waals surface area contributed by atoms with Gasteiger partial charge in [-0.3, -0.25) is 9.59 Å². The number of amides is 1. The zero-order valence-electron chi connectivity index (χ0n) is 16.2. The van der Waals surface area contributed by atoms with Gasteiger partial charge >= 0.3 is 5.97 Å². The number of sulfone groups is 1. The van der Waals surface area contributed by atoms with Gasteiger partial charge < -0.3 is 10.1 Å². The fourth-order valence-corrected chi connectivity index (χ4v) is 3.77. The molecule has 28 heavy (non-hydrogen) atoms. The highest BCUT2D eigenvalue weighted by molar-refractivity contribution is 7.91. The summed E-state index contributed by atoms with van der Waals surface area (Å²) in [6, 6.07) is 15.6. The second kappa shape index (κ2) is 9.50. The van der Waals surface area contributed by atoms with E-state index in [9.17, 15) is 18.0 Å². The summed E-state index contributed by atoms with van der Waals surface area (Å²) in [5, 5.41) is 2.77. The maximum atomic E-state index is 12.3. The molecule has 0 saturated heterocycles. The maximum Gasteiger partial charge on any atom is 0.307 e. The topological polar surface area (TPSA) is 89.5 Å². The van der Waals surface area contributed by atoms with E-state index in [1.807, 2.05) is 44.2 Å². The molecule has 0 bridgehead atoms. The third kappa shape index (κ3) is 6.20. The quantitative estimate of drug-likeness (QED) is 0.685. The standard InChI is InChI=1S/C21H25NO5S/c1-15-9-11-19(12-10-15)28(25,26)14-13-20(23)27-17(3)21(24)22-16(2)18-7-5-4-6-8-18/h4-12,16-17H,13-14H2,1-3H3,(H,22,24). The van der Waals surface area contributed by atoms with Crippen LogP contribution in [0.4, 0.5) is 0 Å². The van der Waals surface area contributed by atoms with Gasteiger partial charge in [0.1, 0.15) is 0 Å². The average molecular weight is 404 g/mol. The van der Waals surface area contributed by atoms with Gasteiger partial charge in [0.15, 0.2) is 15.9 Å². The van der Waals surface area contributed by atoms with Crippen LogP contribution in [0, 0.1) is 6.92 Å². The minimum atomic E-state index is -3.58. The molecule has 6 nitrogen and oxygen atoms in total. The van der Waals surface area contributed by atoms with Crippen molar-refractivity contribution in [1.29, 1.82) is 0 Å². The van der Waals surface area contributed by atoms with Gasteiger partial charge in [-0.2, -0.15) is 0 Å². The van der Waals surface area contributed by atoms with E-state index in [1.54, 1.807) is 12.1 Å². The van der Waals surface area contributed by atoms with E-state index in [-0.39, 0.29) is 23.1 Å². The Hall–Kier alpha value is -2.67. The number of esters is 1. The van der Waals surface area contributed by atoms with Crippen LogP contribution in [-0.4, -0.2) is 32.2 Å². The van der Waals surface area contributed by atoms with E-state index in [4.69, 9.17) is 4.74 Å². The Morgan fingerprint density at radius 3 is 2.21 bits per heavy atom. The first-order chi connectivity index (χ1) is 13.2. The van der Waals surface area contributed by atoms with E-state index in [2.05, 4.69) is 5.32 Å². The summed E-state index contributed by atoms with van der Waals surface area (Å²) in [5.41, 5.74) is 1.88. The van der Waals surface area contributed by atoms with E-state index in [0.29, 0.717) is 0 Å². The largest absolute Gasteiger partial charge is 0.453 e. The van der Waals surface area contributed by atoms with E-state index in [1.165, 1.54) is 19.1 Å². The van der Waals surface area contributed by atoms with Gasteiger partial charge in [-0.25, -0.2) is 8.42 Å². The number of rotatable bonds is 8. The van der Waals surface area contributed by atoms with Gasteiger partial charge in [0.05, 0.1) is 23.1 Å². The van der Waals surface area contributed by atoms with Crippen molar-refractivity contribution < 1.29 is 22.7 Å². The monoisotopic (exact) mass is 403 g/mol. The summed E-state index contributed by atoms with van der Waals surface area (Å²) in [6.45, 7) is 5.15. The predicted molar refractivity (Wildman–Crippen MR) is 106 cm³/mol. The van der Waals surface area contributed by atoms with Crippen LogP contribution in [0.15, 0.2) is 59.5 Å². The summed E-state index contributed by atoms with van der Waals surface area (Å²) in [7, 11) is -3.58. The number of ether oxygens (including phenoxy) is 1. The van der Waals surface area contributed by atoms with Crippen molar-refractivity contribution in [2.24, 2.45) is 0 Å². The van der Waals surface area contributed by atoms with Crippen molar-refractivity contribution in [2.45, 2.75) is 44.2 Å². The Bertz CT molecular complexity index is 908. The van der Waals surface area contributed by atoms with E-state index in [0.717, 1.165) is 11.1 Å². The van der Waals surface area contributed by atoms with Crippen LogP contribution in [0.1, 0.15) is 37.4 Å². The van der Waals surface area contributed by atoms with Crippen LogP contribution in [0.2, 0.25) is 0 Å². The Morgan fingerprint density at radius 2 is 1.61 bits per heavy atom. The third-order valence-corrected chi connectivity index (χ3v) is 6.02. The highest BCUT2D eigenvalue weighted by atomic mass is 32.2. The number of carbonyl (C=O) groups excluding carboxylic acids is 2. The summed E-state index contributed by atoms with van der Waals surface area (Å²) in [4.78, 5) is 24.3. The van der Waals surface area contributed by atoms with Gasteiger partial charge in [-0.1, -0.05) is 48.0 Å². The second-order valence-electron chi connectivity index (χ2n) is 6.65. The Morgan fingerprint density at radius 1 is 1.00 bits per heavy atom. The highest BCUT2D eigenvalue weighted by Gasteiger charge is 2.22. The van der Waals surface area contributed by atoms with Crippen LogP contribution >= 0.6 is 0 Å². The maximum absolute atomic E-state index is 12.3. The first-order valence-electron chi connectivity index (χ1n) is 9.03. The molecule has 0 aliphatic rings. The fourth-order valence-electron chi connectivity index (χ4n) is 2.55. The van der Waals surface area contributed by atoms with Crippen molar-refractivity contribution in [3.05, 3.63) is 65.7 Å². The number of hydrogen-bond donors (Lipinski definition) is 1. The number of hydrogen-bond acceptors (Lipinski definition) is 5. The molecule has 0 heterocycles. The molecule has 0 aromatic heterocycles. The zero-order chi connectivity index (χ0) is 20.7. The number of carbonyl (C=O) groups is 2. The van der Waals surface area contributed by atoms with Gasteiger partial charge in [0.2, 0.25) is 0 Å². The normalized spacial score (nSPS) is 13.4. The van der Waals surface area contributed by atoms with Crippen LogP contribution < -0.4 is 5.32 Å². The Kier molecular flexibility index (Phi) is 7.34. The minimum absolute atomic E-state index is 0.161. The predicted octanol–water partition coefficient (Wildman–Crippen LogP) is 2.97. The van der Waals surface area contributed by atoms with Gasteiger partial charge in [0, 0.05) is 0 Å². The van der Waals surface area contributed by atoms with Crippen LogP contribution in [-0.2, 0) is 24.2 Å². The van der Waals surface area contributed by atoms with Crippen molar-refractivity contribution in [2.75, 3.05) is 5.75 Å². The summed E-state index contributed by atoms with van der Waals surface area (Å²) >= 11 is 0. The number of nitrogens with one attached hydrogen (secondary N) is 1. The molecule has 2 aromatic carbocycles. The van der Waals surface area contributed by atoms with Gasteiger partial charge in [0.25, 0.3) is 5.91 Å². The third-order valence-electron chi connectivity index (χ3n) is 4.29. The molecule has 2 atom stereocenters. The fraction of sp³-hybridized carbons (Fsp3) is 0.333. The summed E-state index contributed by atoms with van der Waals surface area (Å²) in [6.07, 6.45) is -1.33. The summed E-state index contributed by atoms with van der Waals surface area (Å²) in [5.74, 6) is -1.54. The highest BCUT2D eigenvalue weighted by Crippen LogP contribution is 2.14. The lowest BCUT2D eigenvalue weighted by Crippen LogP contribution is -2.37. The lowest BCUT2D eigenvalue weighted by atomic mass is 10.1. The first-order valence-corrected chi connectivity index (χ1v) is 10.7. The molecule has 0 spiro atoms.